The Morgan fingerprint density at radius 3 is 2.48 bits per heavy atom. The van der Waals surface area contributed by atoms with Crippen molar-refractivity contribution in [2.45, 2.75) is 18.7 Å². The van der Waals surface area contributed by atoms with Crippen LogP contribution in [0.2, 0.25) is 0 Å². The number of fused-ring (bicyclic) bond motifs is 1. The minimum atomic E-state index is -3.85. The molecule has 0 aliphatic heterocycles. The van der Waals surface area contributed by atoms with E-state index >= 15 is 0 Å². The molecule has 12 heteroatoms. The second-order valence-electron chi connectivity index (χ2n) is 6.51. The number of carbonyl (C=O) groups is 1. The van der Waals surface area contributed by atoms with Crippen molar-refractivity contribution in [3.63, 3.8) is 0 Å². The Morgan fingerprint density at radius 2 is 1.87 bits per heavy atom. The Kier molecular flexibility index (Phi) is 5.82. The smallest absolute Gasteiger partial charge is 0.277 e. The van der Waals surface area contributed by atoms with E-state index in [1.165, 1.54) is 31.2 Å². The van der Waals surface area contributed by atoms with Crippen LogP contribution in [0.15, 0.2) is 57.3 Å². The van der Waals surface area contributed by atoms with E-state index in [9.17, 15) is 23.3 Å². The van der Waals surface area contributed by atoms with Crippen molar-refractivity contribution in [3.05, 3.63) is 64.2 Å². The van der Waals surface area contributed by atoms with Crippen molar-refractivity contribution in [1.29, 1.82) is 5.26 Å². The van der Waals surface area contributed by atoms with Crippen LogP contribution in [0, 0.1) is 25.2 Å². The van der Waals surface area contributed by atoms with Crippen molar-refractivity contribution in [3.8, 4) is 6.07 Å². The normalized spacial score (nSPS) is 11.7. The SMILES string of the molecule is Cc1ccc2nc(C)n(NC(=O)/C(C#N)=N\Nc3ccc(S(N)(=O)=O)cc3)c(=O)c2c1. The van der Waals surface area contributed by atoms with Gasteiger partial charge >= 0.3 is 5.91 Å². The number of aromatic nitrogens is 2. The Bertz CT molecular complexity index is 1420. The number of anilines is 1. The number of hydrogen-bond donors (Lipinski definition) is 3. The average Bonchev–Trinajstić information content (AvgIpc) is 2.72. The third kappa shape index (κ3) is 4.74. The highest BCUT2D eigenvalue weighted by atomic mass is 32.2. The second-order valence-corrected chi connectivity index (χ2v) is 8.08. The van der Waals surface area contributed by atoms with Gasteiger partial charge in [-0.2, -0.15) is 10.4 Å². The van der Waals surface area contributed by atoms with Gasteiger partial charge in [-0.05, 0) is 50.2 Å². The maximum atomic E-state index is 12.8. The quantitative estimate of drug-likeness (QED) is 0.388. The zero-order chi connectivity index (χ0) is 22.8. The zero-order valence-corrected chi connectivity index (χ0v) is 17.3. The number of nitriles is 1. The first-order chi connectivity index (χ1) is 14.6. The predicted molar refractivity (Wildman–Crippen MR) is 114 cm³/mol. The minimum Gasteiger partial charge on any atom is -0.277 e. The number of aryl methyl sites for hydroxylation is 2. The number of nitrogens with one attached hydrogen (secondary N) is 2. The summed E-state index contributed by atoms with van der Waals surface area (Å²) in [6.45, 7) is 3.36. The number of sulfonamides is 1. The highest BCUT2D eigenvalue weighted by Crippen LogP contribution is 2.13. The van der Waals surface area contributed by atoms with Gasteiger partial charge in [-0.1, -0.05) is 11.6 Å². The standard InChI is InChI=1S/C19H17N7O4S/c1-11-3-8-16-15(9-11)19(28)26(12(2)22-16)25-18(27)17(10-20)24-23-13-4-6-14(7-5-13)31(21,29)30/h3-9,23H,1-2H3,(H,25,27)(H2,21,29,30)/b24-17-. The maximum Gasteiger partial charge on any atom is 0.301 e. The third-order valence-electron chi connectivity index (χ3n) is 4.21. The number of carbonyl (C=O) groups excluding carboxylic acids is 1. The number of rotatable bonds is 5. The molecule has 0 radical (unpaired) electrons. The molecule has 0 aliphatic rings. The number of nitrogens with two attached hydrogens (primary N) is 1. The van der Waals surface area contributed by atoms with Crippen LogP contribution in [-0.4, -0.2) is 29.7 Å². The number of primary sulfonamides is 1. The number of hydrogen-bond acceptors (Lipinski definition) is 8. The molecular weight excluding hydrogens is 422 g/mol. The number of nitrogens with zero attached hydrogens (tertiary/aromatic N) is 4. The number of amides is 1. The third-order valence-corrected chi connectivity index (χ3v) is 5.13. The summed E-state index contributed by atoms with van der Waals surface area (Å²) >= 11 is 0. The summed E-state index contributed by atoms with van der Waals surface area (Å²) in [6, 6.07) is 12.0. The second kappa shape index (κ2) is 8.34. The molecule has 0 bridgehead atoms. The van der Waals surface area contributed by atoms with Crippen molar-refractivity contribution in [2.24, 2.45) is 10.2 Å². The average molecular weight is 439 g/mol. The van der Waals surface area contributed by atoms with E-state index in [4.69, 9.17) is 5.14 Å². The van der Waals surface area contributed by atoms with E-state index in [0.717, 1.165) is 10.2 Å². The van der Waals surface area contributed by atoms with Crippen molar-refractivity contribution in [1.82, 2.24) is 9.66 Å². The van der Waals surface area contributed by atoms with Gasteiger partial charge < -0.3 is 0 Å². The summed E-state index contributed by atoms with van der Waals surface area (Å²) in [5, 5.41) is 18.3. The summed E-state index contributed by atoms with van der Waals surface area (Å²) in [5.74, 6) is -0.714. The van der Waals surface area contributed by atoms with Gasteiger partial charge in [0.25, 0.3) is 5.56 Å². The fourth-order valence-electron chi connectivity index (χ4n) is 2.66. The first-order valence-corrected chi connectivity index (χ1v) is 10.3. The minimum absolute atomic E-state index is 0.103. The van der Waals surface area contributed by atoms with Crippen LogP contribution in [0.5, 0.6) is 0 Å². The first-order valence-electron chi connectivity index (χ1n) is 8.78. The van der Waals surface area contributed by atoms with Crippen LogP contribution < -0.4 is 21.5 Å². The van der Waals surface area contributed by atoms with Crippen LogP contribution >= 0.6 is 0 Å². The Labute approximate surface area is 176 Å². The van der Waals surface area contributed by atoms with E-state index in [0.29, 0.717) is 16.6 Å². The molecule has 3 rings (SSSR count). The van der Waals surface area contributed by atoms with Gasteiger partial charge in [-0.3, -0.25) is 20.4 Å². The molecule has 4 N–H and O–H groups in total. The zero-order valence-electron chi connectivity index (χ0n) is 16.4. The number of hydrazone groups is 1. The lowest BCUT2D eigenvalue weighted by atomic mass is 10.2. The molecule has 0 saturated heterocycles. The molecule has 0 saturated carbocycles. The van der Waals surface area contributed by atoms with Crippen LogP contribution in [0.1, 0.15) is 11.4 Å². The van der Waals surface area contributed by atoms with Crippen LogP contribution in [0.4, 0.5) is 5.69 Å². The predicted octanol–water partition coefficient (Wildman–Crippen LogP) is 0.723. The maximum absolute atomic E-state index is 12.8. The van der Waals surface area contributed by atoms with Gasteiger partial charge in [0, 0.05) is 0 Å². The summed E-state index contributed by atoms with van der Waals surface area (Å²) in [7, 11) is -3.85. The molecule has 31 heavy (non-hydrogen) atoms. The molecule has 11 nitrogen and oxygen atoms in total. The molecule has 0 unspecified atom stereocenters. The van der Waals surface area contributed by atoms with E-state index in [-0.39, 0.29) is 10.7 Å². The molecule has 158 valence electrons. The topological polar surface area (TPSA) is 172 Å². The summed E-state index contributed by atoms with van der Waals surface area (Å²) in [6.07, 6.45) is 0. The molecule has 3 aromatic rings. The highest BCUT2D eigenvalue weighted by Gasteiger charge is 2.16. The van der Waals surface area contributed by atoms with Crippen LogP contribution in [0.25, 0.3) is 10.9 Å². The van der Waals surface area contributed by atoms with E-state index in [2.05, 4.69) is 20.9 Å². The van der Waals surface area contributed by atoms with Crippen molar-refractivity contribution in [2.75, 3.05) is 10.9 Å². The molecule has 0 aliphatic carbocycles. The fraction of sp³-hybridized carbons (Fsp3) is 0.105. The van der Waals surface area contributed by atoms with E-state index in [1.807, 2.05) is 13.0 Å². The number of benzene rings is 2. The molecule has 2 aromatic carbocycles. The Balaban J connectivity index is 1.85. The molecule has 0 atom stereocenters. The van der Waals surface area contributed by atoms with E-state index < -0.39 is 27.2 Å². The lowest BCUT2D eigenvalue weighted by Crippen LogP contribution is -2.38. The molecule has 1 heterocycles. The van der Waals surface area contributed by atoms with Crippen LogP contribution in [-0.2, 0) is 14.8 Å². The van der Waals surface area contributed by atoms with Gasteiger partial charge in [0.2, 0.25) is 15.7 Å². The van der Waals surface area contributed by atoms with Gasteiger partial charge in [0.15, 0.2) is 0 Å². The Morgan fingerprint density at radius 1 is 1.19 bits per heavy atom. The molecule has 0 spiro atoms. The molecule has 0 fully saturated rings. The van der Waals surface area contributed by atoms with Crippen molar-refractivity contribution >= 4 is 38.2 Å². The summed E-state index contributed by atoms with van der Waals surface area (Å²) in [5.41, 5.74) is 5.38. The van der Waals surface area contributed by atoms with Crippen molar-refractivity contribution < 1.29 is 13.2 Å². The summed E-state index contributed by atoms with van der Waals surface area (Å²) < 4.78 is 23.5. The Hall–Kier alpha value is -4.08. The molecule has 1 amide bonds. The molecule has 1 aromatic heterocycles. The van der Waals surface area contributed by atoms with Gasteiger partial charge in [-0.25, -0.2) is 23.2 Å². The molecular formula is C19H17N7O4S. The van der Waals surface area contributed by atoms with Gasteiger partial charge in [0.1, 0.15) is 11.9 Å². The monoisotopic (exact) mass is 439 g/mol. The fourth-order valence-corrected chi connectivity index (χ4v) is 3.18. The van der Waals surface area contributed by atoms with E-state index in [1.54, 1.807) is 18.2 Å². The first kappa shape index (κ1) is 21.6. The van der Waals surface area contributed by atoms with Gasteiger partial charge in [0.05, 0.1) is 21.5 Å². The lowest BCUT2D eigenvalue weighted by molar-refractivity contribution is -0.111. The highest BCUT2D eigenvalue weighted by molar-refractivity contribution is 7.89. The lowest BCUT2D eigenvalue weighted by Gasteiger charge is -2.11. The summed E-state index contributed by atoms with van der Waals surface area (Å²) in [4.78, 5) is 29.4. The largest absolute Gasteiger partial charge is 0.301 e. The van der Waals surface area contributed by atoms with Gasteiger partial charge in [-0.15, -0.1) is 0 Å². The van der Waals surface area contributed by atoms with Crippen LogP contribution in [0.3, 0.4) is 0 Å².